The molecule has 0 bridgehead atoms. The van der Waals surface area contributed by atoms with Gasteiger partial charge in [-0.3, -0.25) is 0 Å². The van der Waals surface area contributed by atoms with Gasteiger partial charge in [-0.05, 0) is 34.1 Å². The first kappa shape index (κ1) is 15.6. The Morgan fingerprint density at radius 2 is 2.33 bits per heavy atom. The minimum atomic E-state index is 0.524. The zero-order valence-corrected chi connectivity index (χ0v) is 15.3. The van der Waals surface area contributed by atoms with Gasteiger partial charge in [0.25, 0.3) is 0 Å². The maximum Gasteiger partial charge on any atom is 0.237 e. The quantitative estimate of drug-likeness (QED) is 0.431. The van der Waals surface area contributed by atoms with Gasteiger partial charge in [0, 0.05) is 9.85 Å². The van der Waals surface area contributed by atoms with Crippen LogP contribution in [0.5, 0.6) is 0 Å². The second kappa shape index (κ2) is 6.91. The minimum absolute atomic E-state index is 0.524. The Kier molecular flexibility index (Phi) is 4.50. The molecule has 122 valence electrons. The van der Waals surface area contributed by atoms with Gasteiger partial charge in [0.15, 0.2) is 5.16 Å². The van der Waals surface area contributed by atoms with Crippen molar-refractivity contribution in [2.45, 2.75) is 17.5 Å². The number of rotatable bonds is 6. The van der Waals surface area contributed by atoms with Gasteiger partial charge in [-0.25, -0.2) is 0 Å². The summed E-state index contributed by atoms with van der Waals surface area (Å²) in [6.45, 7) is 0.584. The van der Waals surface area contributed by atoms with Crippen molar-refractivity contribution in [3.8, 4) is 10.7 Å². The molecule has 0 unspecified atom stereocenters. The van der Waals surface area contributed by atoms with Gasteiger partial charge in [0.2, 0.25) is 11.7 Å². The van der Waals surface area contributed by atoms with Crippen LogP contribution in [0.1, 0.15) is 11.7 Å². The molecule has 10 heteroatoms. The highest BCUT2D eigenvalue weighted by Crippen LogP contribution is 2.28. The average Bonchev–Trinajstić information content (AvgIpc) is 3.34. The van der Waals surface area contributed by atoms with E-state index in [4.69, 9.17) is 8.94 Å². The molecule has 0 aromatic carbocycles. The molecular formula is C14H10BrN5O2S2. The largest absolute Gasteiger partial charge is 0.467 e. The summed E-state index contributed by atoms with van der Waals surface area (Å²) in [6, 6.07) is 5.74. The van der Waals surface area contributed by atoms with E-state index in [-0.39, 0.29) is 0 Å². The first-order chi connectivity index (χ1) is 11.8. The molecule has 0 fully saturated rings. The van der Waals surface area contributed by atoms with E-state index in [2.05, 4.69) is 36.3 Å². The summed E-state index contributed by atoms with van der Waals surface area (Å²) in [6.07, 6.45) is 3.32. The van der Waals surface area contributed by atoms with Gasteiger partial charge < -0.3 is 13.5 Å². The number of furan rings is 1. The SMILES string of the molecule is Brc1csc(-c2noc(CSc3nncn3Cc3ccco3)n2)c1. The van der Waals surface area contributed by atoms with Crippen LogP contribution >= 0.6 is 39.0 Å². The second-order valence-electron chi connectivity index (χ2n) is 4.75. The van der Waals surface area contributed by atoms with Crippen LogP contribution in [0.4, 0.5) is 0 Å². The Morgan fingerprint density at radius 1 is 1.38 bits per heavy atom. The smallest absolute Gasteiger partial charge is 0.237 e. The molecule has 0 spiro atoms. The van der Waals surface area contributed by atoms with E-state index in [0.717, 1.165) is 20.3 Å². The maximum atomic E-state index is 5.35. The molecule has 4 aromatic heterocycles. The summed E-state index contributed by atoms with van der Waals surface area (Å²) < 4.78 is 13.6. The molecule has 24 heavy (non-hydrogen) atoms. The number of thiophene rings is 1. The monoisotopic (exact) mass is 423 g/mol. The predicted molar refractivity (Wildman–Crippen MR) is 92.7 cm³/mol. The fourth-order valence-corrected chi connectivity index (χ4v) is 4.11. The van der Waals surface area contributed by atoms with Crippen molar-refractivity contribution in [2.75, 3.05) is 0 Å². The van der Waals surface area contributed by atoms with Gasteiger partial charge >= 0.3 is 0 Å². The first-order valence-electron chi connectivity index (χ1n) is 6.88. The normalized spacial score (nSPS) is 11.2. The fourth-order valence-electron chi connectivity index (χ4n) is 2.01. The number of nitrogens with zero attached hydrogens (tertiary/aromatic N) is 5. The van der Waals surface area contributed by atoms with E-state index in [9.17, 15) is 0 Å². The molecule has 0 atom stereocenters. The summed E-state index contributed by atoms with van der Waals surface area (Å²) in [4.78, 5) is 5.37. The van der Waals surface area contributed by atoms with Gasteiger partial charge in [0.1, 0.15) is 12.1 Å². The van der Waals surface area contributed by atoms with E-state index in [1.165, 1.54) is 11.8 Å². The number of hydrogen-bond donors (Lipinski definition) is 0. The molecule has 0 aliphatic rings. The predicted octanol–water partition coefficient (Wildman–Crippen LogP) is 4.09. The van der Waals surface area contributed by atoms with Crippen molar-refractivity contribution in [3.05, 3.63) is 52.3 Å². The van der Waals surface area contributed by atoms with Crippen LogP contribution in [0.25, 0.3) is 10.7 Å². The average molecular weight is 424 g/mol. The minimum Gasteiger partial charge on any atom is -0.467 e. The highest BCUT2D eigenvalue weighted by atomic mass is 79.9. The molecule has 0 saturated carbocycles. The zero-order chi connectivity index (χ0) is 16.4. The van der Waals surface area contributed by atoms with Crippen LogP contribution in [0.3, 0.4) is 0 Å². The third kappa shape index (κ3) is 3.45. The molecular weight excluding hydrogens is 414 g/mol. The molecule has 0 radical (unpaired) electrons. The lowest BCUT2D eigenvalue weighted by Gasteiger charge is -2.02. The lowest BCUT2D eigenvalue weighted by molar-refractivity contribution is 0.391. The van der Waals surface area contributed by atoms with Crippen molar-refractivity contribution in [3.63, 3.8) is 0 Å². The summed E-state index contributed by atoms with van der Waals surface area (Å²) in [5.41, 5.74) is 0. The van der Waals surface area contributed by atoms with Crippen molar-refractivity contribution >= 4 is 39.0 Å². The summed E-state index contributed by atoms with van der Waals surface area (Å²) in [7, 11) is 0. The molecule has 0 aliphatic carbocycles. The third-order valence-electron chi connectivity index (χ3n) is 3.07. The zero-order valence-electron chi connectivity index (χ0n) is 12.1. The highest BCUT2D eigenvalue weighted by Gasteiger charge is 2.13. The van der Waals surface area contributed by atoms with Crippen LogP contribution in [0, 0.1) is 0 Å². The van der Waals surface area contributed by atoms with Crippen molar-refractivity contribution in [1.29, 1.82) is 0 Å². The molecule has 4 heterocycles. The van der Waals surface area contributed by atoms with E-state index in [0.29, 0.717) is 24.0 Å². The fraction of sp³-hybridized carbons (Fsp3) is 0.143. The first-order valence-corrected chi connectivity index (χ1v) is 9.54. The van der Waals surface area contributed by atoms with Crippen molar-refractivity contribution < 1.29 is 8.94 Å². The van der Waals surface area contributed by atoms with Crippen molar-refractivity contribution in [2.24, 2.45) is 0 Å². The molecule has 0 amide bonds. The topological polar surface area (TPSA) is 82.8 Å². The molecule has 0 N–H and O–H groups in total. The van der Waals surface area contributed by atoms with Gasteiger partial charge in [-0.15, -0.1) is 21.5 Å². The molecule has 7 nitrogen and oxygen atoms in total. The van der Waals surface area contributed by atoms with Crippen molar-refractivity contribution in [1.82, 2.24) is 24.9 Å². The van der Waals surface area contributed by atoms with E-state index >= 15 is 0 Å². The number of thioether (sulfide) groups is 1. The van der Waals surface area contributed by atoms with E-state index in [1.807, 2.05) is 28.1 Å². The number of hydrogen-bond acceptors (Lipinski definition) is 8. The van der Waals surface area contributed by atoms with Gasteiger partial charge in [-0.2, -0.15) is 4.98 Å². The number of halogens is 1. The van der Waals surface area contributed by atoms with Crippen LogP contribution in [0.2, 0.25) is 0 Å². The Morgan fingerprint density at radius 3 is 3.12 bits per heavy atom. The maximum absolute atomic E-state index is 5.35. The van der Waals surface area contributed by atoms with Crippen LogP contribution in [-0.4, -0.2) is 24.9 Å². The summed E-state index contributed by atoms with van der Waals surface area (Å²) in [5, 5.41) is 14.8. The lowest BCUT2D eigenvalue weighted by atomic mass is 10.4. The van der Waals surface area contributed by atoms with Gasteiger partial charge in [0.05, 0.1) is 23.4 Å². The molecule has 4 rings (SSSR count). The molecule has 4 aromatic rings. The van der Waals surface area contributed by atoms with Crippen LogP contribution in [0.15, 0.2) is 54.7 Å². The third-order valence-corrected chi connectivity index (χ3v) is 5.72. The Bertz CT molecular complexity index is 931. The molecule has 0 aliphatic heterocycles. The number of aromatic nitrogens is 5. The standard InChI is InChI=1S/C14H10BrN5O2S2/c15-9-4-11(23-6-9)13-17-12(22-19-13)7-24-14-18-16-8-20(14)5-10-2-1-3-21-10/h1-4,6,8H,5,7H2. The van der Waals surface area contributed by atoms with E-state index in [1.54, 1.807) is 23.9 Å². The highest BCUT2D eigenvalue weighted by molar-refractivity contribution is 9.10. The van der Waals surface area contributed by atoms with Crippen LogP contribution < -0.4 is 0 Å². The Labute approximate surface area is 153 Å². The second-order valence-corrected chi connectivity index (χ2v) is 7.52. The summed E-state index contributed by atoms with van der Waals surface area (Å²) in [5.74, 6) is 2.52. The Hall–Kier alpha value is -1.91. The Balaban J connectivity index is 1.42. The van der Waals surface area contributed by atoms with E-state index < -0.39 is 0 Å². The van der Waals surface area contributed by atoms with Gasteiger partial charge in [-0.1, -0.05) is 16.9 Å². The summed E-state index contributed by atoms with van der Waals surface area (Å²) >= 11 is 6.47. The van der Waals surface area contributed by atoms with Crippen LogP contribution in [-0.2, 0) is 12.3 Å². The molecule has 0 saturated heterocycles. The lowest BCUT2D eigenvalue weighted by Crippen LogP contribution is -1.99.